The Hall–Kier alpha value is -0.740. The Morgan fingerprint density at radius 3 is 2.67 bits per heavy atom. The minimum Gasteiger partial charge on any atom is -0.381 e. The van der Waals surface area contributed by atoms with E-state index in [2.05, 4.69) is 4.98 Å². The fraction of sp³-hybridized carbons (Fsp3) is 0.636. The Labute approximate surface area is 93.5 Å². The number of Topliss-reactive ketones (excluding diaryl/α,β-unsaturated/α-hetero) is 1. The molecule has 0 aliphatic carbocycles. The van der Waals surface area contributed by atoms with E-state index in [9.17, 15) is 4.79 Å². The molecule has 15 heavy (non-hydrogen) atoms. The summed E-state index contributed by atoms with van der Waals surface area (Å²) in [6.07, 6.45) is 2.06. The molecule has 0 aromatic carbocycles. The largest absolute Gasteiger partial charge is 0.381 e. The number of ether oxygens (including phenoxy) is 1. The van der Waals surface area contributed by atoms with Crippen LogP contribution in [0.4, 0.5) is 0 Å². The summed E-state index contributed by atoms with van der Waals surface area (Å²) in [6.45, 7) is 5.15. The summed E-state index contributed by atoms with van der Waals surface area (Å²) in [5.41, 5.74) is 0.883. The normalized spacial score (nSPS) is 18.0. The van der Waals surface area contributed by atoms with Gasteiger partial charge in [-0.1, -0.05) is 0 Å². The minimum atomic E-state index is 0.128. The zero-order valence-corrected chi connectivity index (χ0v) is 9.89. The third-order valence-electron chi connectivity index (χ3n) is 2.70. The molecule has 1 aromatic heterocycles. The Morgan fingerprint density at radius 1 is 1.47 bits per heavy atom. The van der Waals surface area contributed by atoms with Gasteiger partial charge in [-0.05, 0) is 19.8 Å². The molecule has 0 radical (unpaired) electrons. The van der Waals surface area contributed by atoms with Crippen LogP contribution in [-0.2, 0) is 4.74 Å². The van der Waals surface area contributed by atoms with Crippen molar-refractivity contribution in [2.45, 2.75) is 32.6 Å². The standard InChI is InChI=1S/C11H15NO2S/c1-7-10(8(2)13)15-11(12-7)9-3-5-14-6-4-9/h9H,3-6H2,1-2H3. The lowest BCUT2D eigenvalue weighted by Gasteiger charge is -2.19. The van der Waals surface area contributed by atoms with E-state index >= 15 is 0 Å². The van der Waals surface area contributed by atoms with Crippen LogP contribution < -0.4 is 0 Å². The Kier molecular flexibility index (Phi) is 3.17. The highest BCUT2D eigenvalue weighted by molar-refractivity contribution is 7.13. The number of ketones is 1. The number of aromatic nitrogens is 1. The molecule has 0 spiro atoms. The quantitative estimate of drug-likeness (QED) is 0.726. The predicted octanol–water partition coefficient (Wildman–Crippen LogP) is 2.55. The van der Waals surface area contributed by atoms with E-state index in [1.807, 2.05) is 6.92 Å². The molecule has 1 fully saturated rings. The third-order valence-corrected chi connectivity index (χ3v) is 4.12. The van der Waals surface area contributed by atoms with Crippen molar-refractivity contribution in [2.24, 2.45) is 0 Å². The third kappa shape index (κ3) is 2.26. The smallest absolute Gasteiger partial charge is 0.171 e. The average molecular weight is 225 g/mol. The lowest BCUT2D eigenvalue weighted by molar-refractivity contribution is 0.0852. The first kappa shape index (κ1) is 10.8. The van der Waals surface area contributed by atoms with Gasteiger partial charge in [-0.2, -0.15) is 0 Å². The molecule has 0 atom stereocenters. The van der Waals surface area contributed by atoms with Gasteiger partial charge in [-0.25, -0.2) is 4.98 Å². The van der Waals surface area contributed by atoms with Crippen LogP contribution in [0.25, 0.3) is 0 Å². The van der Waals surface area contributed by atoms with Gasteiger partial charge in [0.25, 0.3) is 0 Å². The van der Waals surface area contributed by atoms with E-state index in [0.717, 1.165) is 41.6 Å². The minimum absolute atomic E-state index is 0.128. The van der Waals surface area contributed by atoms with Crippen molar-refractivity contribution < 1.29 is 9.53 Å². The van der Waals surface area contributed by atoms with Gasteiger partial charge in [0.2, 0.25) is 0 Å². The maximum absolute atomic E-state index is 11.3. The molecule has 2 rings (SSSR count). The maximum Gasteiger partial charge on any atom is 0.171 e. The summed E-state index contributed by atoms with van der Waals surface area (Å²) in [6, 6.07) is 0. The van der Waals surface area contributed by atoms with Crippen LogP contribution >= 0.6 is 11.3 Å². The topological polar surface area (TPSA) is 39.2 Å². The van der Waals surface area contributed by atoms with Gasteiger partial charge in [-0.3, -0.25) is 4.79 Å². The van der Waals surface area contributed by atoms with Crippen LogP contribution in [0.1, 0.15) is 46.1 Å². The number of rotatable bonds is 2. The number of thiazole rings is 1. The van der Waals surface area contributed by atoms with E-state index < -0.39 is 0 Å². The molecule has 1 aliphatic heterocycles. The first-order chi connectivity index (χ1) is 7.18. The highest BCUT2D eigenvalue weighted by atomic mass is 32.1. The molecule has 0 saturated carbocycles. The van der Waals surface area contributed by atoms with Crippen LogP contribution in [-0.4, -0.2) is 24.0 Å². The number of hydrogen-bond acceptors (Lipinski definition) is 4. The van der Waals surface area contributed by atoms with Crippen molar-refractivity contribution >= 4 is 17.1 Å². The van der Waals surface area contributed by atoms with Crippen LogP contribution in [0.15, 0.2) is 0 Å². The molecule has 0 amide bonds. The molecular weight excluding hydrogens is 210 g/mol. The Balaban J connectivity index is 2.21. The second kappa shape index (κ2) is 4.41. The number of aryl methyl sites for hydroxylation is 1. The first-order valence-electron chi connectivity index (χ1n) is 5.24. The number of carbonyl (C=O) groups excluding carboxylic acids is 1. The summed E-state index contributed by atoms with van der Waals surface area (Å²) < 4.78 is 5.32. The zero-order valence-electron chi connectivity index (χ0n) is 9.08. The van der Waals surface area contributed by atoms with Gasteiger partial charge >= 0.3 is 0 Å². The molecule has 3 nitrogen and oxygen atoms in total. The molecule has 1 saturated heterocycles. The zero-order chi connectivity index (χ0) is 10.8. The molecule has 82 valence electrons. The van der Waals surface area contributed by atoms with E-state index in [4.69, 9.17) is 4.74 Å². The van der Waals surface area contributed by atoms with Gasteiger partial charge in [0.15, 0.2) is 5.78 Å². The molecule has 0 unspecified atom stereocenters. The van der Waals surface area contributed by atoms with E-state index in [1.54, 1.807) is 18.3 Å². The predicted molar refractivity (Wildman–Crippen MR) is 59.6 cm³/mol. The van der Waals surface area contributed by atoms with Crippen molar-refractivity contribution in [1.82, 2.24) is 4.98 Å². The van der Waals surface area contributed by atoms with E-state index in [-0.39, 0.29) is 5.78 Å². The first-order valence-corrected chi connectivity index (χ1v) is 6.06. The van der Waals surface area contributed by atoms with Gasteiger partial charge in [0.1, 0.15) is 0 Å². The van der Waals surface area contributed by atoms with E-state index in [1.165, 1.54) is 0 Å². The molecular formula is C11H15NO2S. The second-order valence-corrected chi connectivity index (χ2v) is 4.94. The van der Waals surface area contributed by atoms with Crippen LogP contribution in [0.2, 0.25) is 0 Å². The highest BCUT2D eigenvalue weighted by Crippen LogP contribution is 2.31. The highest BCUT2D eigenvalue weighted by Gasteiger charge is 2.21. The lowest BCUT2D eigenvalue weighted by atomic mass is 10.0. The van der Waals surface area contributed by atoms with Crippen molar-refractivity contribution in [2.75, 3.05) is 13.2 Å². The summed E-state index contributed by atoms with van der Waals surface area (Å²) in [5.74, 6) is 0.624. The fourth-order valence-corrected chi connectivity index (χ4v) is 2.99. The number of hydrogen-bond donors (Lipinski definition) is 0. The summed E-state index contributed by atoms with van der Waals surface area (Å²) in [4.78, 5) is 16.6. The van der Waals surface area contributed by atoms with Crippen molar-refractivity contribution in [3.05, 3.63) is 15.6 Å². The van der Waals surface area contributed by atoms with Gasteiger partial charge < -0.3 is 4.74 Å². The van der Waals surface area contributed by atoms with Crippen LogP contribution in [0.3, 0.4) is 0 Å². The molecule has 2 heterocycles. The molecule has 1 aliphatic rings. The maximum atomic E-state index is 11.3. The number of carbonyl (C=O) groups is 1. The summed E-state index contributed by atoms with van der Waals surface area (Å²) in [7, 11) is 0. The molecule has 0 bridgehead atoms. The molecule has 4 heteroatoms. The molecule has 0 N–H and O–H groups in total. The van der Waals surface area contributed by atoms with Gasteiger partial charge in [-0.15, -0.1) is 11.3 Å². The van der Waals surface area contributed by atoms with Gasteiger partial charge in [0.05, 0.1) is 15.6 Å². The van der Waals surface area contributed by atoms with Crippen LogP contribution in [0, 0.1) is 6.92 Å². The van der Waals surface area contributed by atoms with Crippen molar-refractivity contribution in [3.8, 4) is 0 Å². The van der Waals surface area contributed by atoms with Crippen molar-refractivity contribution in [3.63, 3.8) is 0 Å². The summed E-state index contributed by atoms with van der Waals surface area (Å²) >= 11 is 1.56. The lowest BCUT2D eigenvalue weighted by Crippen LogP contribution is -2.13. The Morgan fingerprint density at radius 2 is 2.13 bits per heavy atom. The Bertz CT molecular complexity index is 367. The SMILES string of the molecule is CC(=O)c1sc(C2CCOCC2)nc1C. The van der Waals surface area contributed by atoms with Gasteiger partial charge in [0, 0.05) is 26.1 Å². The summed E-state index contributed by atoms with van der Waals surface area (Å²) in [5, 5.41) is 1.11. The average Bonchev–Trinajstić information content (AvgIpc) is 2.62. The number of nitrogens with zero attached hydrogens (tertiary/aromatic N) is 1. The fourth-order valence-electron chi connectivity index (χ4n) is 1.86. The monoisotopic (exact) mass is 225 g/mol. The van der Waals surface area contributed by atoms with Crippen LogP contribution in [0.5, 0.6) is 0 Å². The second-order valence-electron chi connectivity index (χ2n) is 3.91. The van der Waals surface area contributed by atoms with Crippen molar-refractivity contribution in [1.29, 1.82) is 0 Å². The molecule has 1 aromatic rings. The van der Waals surface area contributed by atoms with E-state index in [0.29, 0.717) is 5.92 Å².